The Morgan fingerprint density at radius 1 is 1.26 bits per heavy atom. The average molecular weight is 272 g/mol. The van der Waals surface area contributed by atoms with Crippen molar-refractivity contribution >= 4 is 17.6 Å². The van der Waals surface area contributed by atoms with Crippen LogP contribution in [0.1, 0.15) is 27.2 Å². The molecule has 7 nitrogen and oxygen atoms in total. The van der Waals surface area contributed by atoms with Gasteiger partial charge in [-0.3, -0.25) is 9.59 Å². The van der Waals surface area contributed by atoms with Gasteiger partial charge in [0.25, 0.3) is 0 Å². The third-order valence-corrected chi connectivity index (χ3v) is 3.04. The van der Waals surface area contributed by atoms with Crippen LogP contribution in [0, 0.1) is 5.92 Å². The highest BCUT2D eigenvalue weighted by molar-refractivity contribution is 6.02. The first-order valence-corrected chi connectivity index (χ1v) is 6.42. The largest absolute Gasteiger partial charge is 0.409 e. The number of nitrogens with two attached hydrogens (primary N) is 1. The minimum atomic E-state index is -0.695. The van der Waals surface area contributed by atoms with Crippen molar-refractivity contribution in [2.45, 2.75) is 27.2 Å². The van der Waals surface area contributed by atoms with Gasteiger partial charge in [0.15, 0.2) is 5.84 Å². The predicted molar refractivity (Wildman–Crippen MR) is 72.8 cm³/mol. The minimum absolute atomic E-state index is 0.00424. The molecule has 3 N–H and O–H groups in total. The van der Waals surface area contributed by atoms with Crippen LogP contribution in [-0.2, 0) is 9.59 Å². The molecule has 110 valence electrons. The second-order valence-corrected chi connectivity index (χ2v) is 4.25. The Hall–Kier alpha value is -1.79. The van der Waals surface area contributed by atoms with Gasteiger partial charge in [0.1, 0.15) is 0 Å². The van der Waals surface area contributed by atoms with Gasteiger partial charge in [-0.05, 0) is 20.3 Å². The molecule has 1 unspecified atom stereocenters. The van der Waals surface area contributed by atoms with E-state index in [1.54, 1.807) is 11.8 Å². The van der Waals surface area contributed by atoms with Crippen molar-refractivity contribution in [3.8, 4) is 0 Å². The molecule has 0 aliphatic rings. The van der Waals surface area contributed by atoms with Crippen molar-refractivity contribution in [3.05, 3.63) is 0 Å². The maximum absolute atomic E-state index is 12.1. The summed E-state index contributed by atoms with van der Waals surface area (Å²) in [5, 5.41) is 11.5. The van der Waals surface area contributed by atoms with Gasteiger partial charge in [0, 0.05) is 20.1 Å². The molecule has 0 saturated heterocycles. The van der Waals surface area contributed by atoms with E-state index in [0.29, 0.717) is 19.5 Å². The lowest BCUT2D eigenvalue weighted by molar-refractivity contribution is -0.140. The van der Waals surface area contributed by atoms with Crippen LogP contribution in [0.3, 0.4) is 0 Å². The topological polar surface area (TPSA) is 99.2 Å². The van der Waals surface area contributed by atoms with E-state index in [1.165, 1.54) is 11.9 Å². The van der Waals surface area contributed by atoms with Gasteiger partial charge in [-0.25, -0.2) is 0 Å². The lowest BCUT2D eigenvalue weighted by atomic mass is 10.0. The molecule has 0 spiro atoms. The predicted octanol–water partition coefficient (Wildman–Crippen LogP) is 0.0858. The van der Waals surface area contributed by atoms with Gasteiger partial charge >= 0.3 is 0 Å². The maximum Gasteiger partial charge on any atom is 0.242 e. The summed E-state index contributed by atoms with van der Waals surface area (Å²) in [6.07, 6.45) is 0.415. The van der Waals surface area contributed by atoms with Crippen LogP contribution in [0.15, 0.2) is 5.16 Å². The molecule has 0 aromatic heterocycles. The molecule has 0 bridgehead atoms. The molecule has 1 atom stereocenters. The highest BCUT2D eigenvalue weighted by Gasteiger charge is 2.26. The molecule has 0 heterocycles. The molecule has 0 aliphatic heterocycles. The first-order chi connectivity index (χ1) is 8.92. The molecular formula is C12H24N4O3. The third kappa shape index (κ3) is 4.76. The number of rotatable bonds is 7. The van der Waals surface area contributed by atoms with E-state index in [2.05, 4.69) is 5.16 Å². The number of hydrogen-bond acceptors (Lipinski definition) is 4. The molecule has 0 rings (SSSR count). The van der Waals surface area contributed by atoms with E-state index in [9.17, 15) is 9.59 Å². The fourth-order valence-electron chi connectivity index (χ4n) is 1.80. The molecule has 19 heavy (non-hydrogen) atoms. The first kappa shape index (κ1) is 17.2. The molecule has 0 aliphatic carbocycles. The second-order valence-electron chi connectivity index (χ2n) is 4.25. The summed E-state index contributed by atoms with van der Waals surface area (Å²) in [5.74, 6) is -1.26. The van der Waals surface area contributed by atoms with Crippen LogP contribution in [0.5, 0.6) is 0 Å². The van der Waals surface area contributed by atoms with Gasteiger partial charge in [-0.2, -0.15) is 0 Å². The van der Waals surface area contributed by atoms with Gasteiger partial charge < -0.3 is 20.7 Å². The van der Waals surface area contributed by atoms with Crippen LogP contribution in [-0.4, -0.2) is 59.3 Å². The van der Waals surface area contributed by atoms with Crippen molar-refractivity contribution in [2.75, 3.05) is 26.7 Å². The fraction of sp³-hybridized carbons (Fsp3) is 0.750. The summed E-state index contributed by atoms with van der Waals surface area (Å²) in [5.41, 5.74) is 5.47. The molecule has 0 radical (unpaired) electrons. The number of amides is 2. The maximum atomic E-state index is 12.1. The third-order valence-electron chi connectivity index (χ3n) is 3.04. The summed E-state index contributed by atoms with van der Waals surface area (Å²) in [6.45, 7) is 6.74. The molecule has 0 aromatic carbocycles. The van der Waals surface area contributed by atoms with E-state index in [4.69, 9.17) is 10.9 Å². The Kier molecular flexibility index (Phi) is 7.55. The Morgan fingerprint density at radius 3 is 2.16 bits per heavy atom. The van der Waals surface area contributed by atoms with Crippen molar-refractivity contribution in [3.63, 3.8) is 0 Å². The van der Waals surface area contributed by atoms with E-state index < -0.39 is 5.92 Å². The van der Waals surface area contributed by atoms with E-state index in [-0.39, 0.29) is 24.2 Å². The highest BCUT2D eigenvalue weighted by Crippen LogP contribution is 2.07. The lowest BCUT2D eigenvalue weighted by Gasteiger charge is -2.25. The average Bonchev–Trinajstić information content (AvgIpc) is 2.40. The van der Waals surface area contributed by atoms with Crippen molar-refractivity contribution in [1.29, 1.82) is 0 Å². The monoisotopic (exact) mass is 272 g/mol. The number of amidine groups is 1. The molecular weight excluding hydrogens is 248 g/mol. The quantitative estimate of drug-likeness (QED) is 0.297. The summed E-state index contributed by atoms with van der Waals surface area (Å²) in [6, 6.07) is 0. The number of hydrogen-bond donors (Lipinski definition) is 2. The normalized spacial score (nSPS) is 12.9. The summed E-state index contributed by atoms with van der Waals surface area (Å²) < 4.78 is 0. The molecule has 0 saturated carbocycles. The number of oxime groups is 1. The summed E-state index contributed by atoms with van der Waals surface area (Å²) >= 11 is 0. The molecule has 7 heteroatoms. The van der Waals surface area contributed by atoms with Gasteiger partial charge in [-0.15, -0.1) is 0 Å². The molecule has 0 aromatic rings. The van der Waals surface area contributed by atoms with Gasteiger partial charge in [-0.1, -0.05) is 12.1 Å². The van der Waals surface area contributed by atoms with Crippen molar-refractivity contribution < 1.29 is 14.8 Å². The summed E-state index contributed by atoms with van der Waals surface area (Å²) in [7, 11) is 1.54. The lowest BCUT2D eigenvalue weighted by Crippen LogP contribution is -2.45. The standard InChI is InChI=1S/C12H24N4O3/c1-5-9(11(13)14-19)12(18)15(4)8-10(17)16(6-2)7-3/h9,19H,5-8H2,1-4H3,(H2,13,14). The van der Waals surface area contributed by atoms with Crippen molar-refractivity contribution in [2.24, 2.45) is 16.8 Å². The SMILES string of the molecule is CCC(C(=O)N(C)CC(=O)N(CC)CC)C(N)=NO. The zero-order valence-electron chi connectivity index (χ0n) is 12.1. The molecule has 0 fully saturated rings. The van der Waals surface area contributed by atoms with Crippen LogP contribution in [0.4, 0.5) is 0 Å². The van der Waals surface area contributed by atoms with Crippen LogP contribution >= 0.6 is 0 Å². The Morgan fingerprint density at radius 2 is 1.79 bits per heavy atom. The van der Waals surface area contributed by atoms with Crippen molar-refractivity contribution in [1.82, 2.24) is 9.80 Å². The number of carbonyl (C=O) groups is 2. The van der Waals surface area contributed by atoms with Crippen LogP contribution < -0.4 is 5.73 Å². The van der Waals surface area contributed by atoms with Crippen LogP contribution in [0.25, 0.3) is 0 Å². The number of carbonyl (C=O) groups excluding carboxylic acids is 2. The van der Waals surface area contributed by atoms with E-state index >= 15 is 0 Å². The first-order valence-electron chi connectivity index (χ1n) is 6.42. The van der Waals surface area contributed by atoms with E-state index in [1.807, 2.05) is 13.8 Å². The second kappa shape index (κ2) is 8.34. The highest BCUT2D eigenvalue weighted by atomic mass is 16.4. The Balaban J connectivity index is 4.69. The number of likely N-dealkylation sites (N-methyl/N-ethyl adjacent to an activating group) is 2. The number of nitrogens with zero attached hydrogens (tertiary/aromatic N) is 3. The van der Waals surface area contributed by atoms with Crippen LogP contribution in [0.2, 0.25) is 0 Å². The van der Waals surface area contributed by atoms with E-state index in [0.717, 1.165) is 0 Å². The zero-order chi connectivity index (χ0) is 15.0. The fourth-order valence-corrected chi connectivity index (χ4v) is 1.80. The smallest absolute Gasteiger partial charge is 0.242 e. The van der Waals surface area contributed by atoms with Gasteiger partial charge in [0.2, 0.25) is 11.8 Å². The molecule has 2 amide bonds. The Bertz CT molecular complexity index is 340. The summed E-state index contributed by atoms with van der Waals surface area (Å²) in [4.78, 5) is 26.9. The van der Waals surface area contributed by atoms with Gasteiger partial charge in [0.05, 0.1) is 12.5 Å². The zero-order valence-corrected chi connectivity index (χ0v) is 12.1. The minimum Gasteiger partial charge on any atom is -0.409 e. The Labute approximate surface area is 114 Å².